The fourth-order valence-electron chi connectivity index (χ4n) is 1.26. The molecule has 1 nitrogen and oxygen atoms in total. The van der Waals surface area contributed by atoms with E-state index in [1.165, 1.54) is 11.1 Å². The minimum atomic E-state index is 0. The minimum absolute atomic E-state index is 0. The molecular weight excluding hydrogens is 182 g/mol. The van der Waals surface area contributed by atoms with Crippen molar-refractivity contribution in [3.8, 4) is 0 Å². The molecule has 0 aliphatic rings. The summed E-state index contributed by atoms with van der Waals surface area (Å²) in [5.74, 6) is 0.483. The quantitative estimate of drug-likeness (QED) is 0.796. The maximum Gasteiger partial charge on any atom is -0.00109 e. The van der Waals surface area contributed by atoms with Gasteiger partial charge in [-0.2, -0.15) is 0 Å². The number of hydrogen-bond donors (Lipinski definition) is 1. The first-order valence-corrected chi connectivity index (χ1v) is 4.56. The molecule has 0 heterocycles. The van der Waals surface area contributed by atoms with Crippen LogP contribution in [0.5, 0.6) is 0 Å². The van der Waals surface area contributed by atoms with Crippen LogP contribution in [0.4, 0.5) is 0 Å². The molecule has 0 saturated carbocycles. The lowest BCUT2D eigenvalue weighted by Gasteiger charge is -2.09. The van der Waals surface area contributed by atoms with Crippen LogP contribution in [0.25, 0.3) is 0 Å². The highest BCUT2D eigenvalue weighted by atomic mass is 35.5. The third kappa shape index (κ3) is 3.37. The summed E-state index contributed by atoms with van der Waals surface area (Å²) >= 11 is 0. The van der Waals surface area contributed by atoms with Crippen molar-refractivity contribution in [2.75, 3.05) is 6.54 Å². The molecule has 1 rings (SSSR count). The summed E-state index contributed by atoms with van der Waals surface area (Å²) in [6.45, 7) is 5.06. The van der Waals surface area contributed by atoms with Gasteiger partial charge in [-0.25, -0.2) is 0 Å². The molecule has 2 N–H and O–H groups in total. The summed E-state index contributed by atoms with van der Waals surface area (Å²) in [6.07, 6.45) is 1.10. The molecule has 0 radical (unpaired) electrons. The van der Waals surface area contributed by atoms with Gasteiger partial charge in [0.15, 0.2) is 0 Å². The van der Waals surface area contributed by atoms with E-state index in [1.807, 2.05) is 0 Å². The summed E-state index contributed by atoms with van der Waals surface area (Å²) in [4.78, 5) is 0. The Morgan fingerprint density at radius 2 is 2.08 bits per heavy atom. The van der Waals surface area contributed by atoms with E-state index >= 15 is 0 Å². The van der Waals surface area contributed by atoms with Gasteiger partial charge in [0.05, 0.1) is 0 Å². The summed E-state index contributed by atoms with van der Waals surface area (Å²) in [5, 5.41) is 0. The average molecular weight is 200 g/mol. The Labute approximate surface area is 86.7 Å². The molecule has 0 spiro atoms. The first kappa shape index (κ1) is 12.5. The van der Waals surface area contributed by atoms with Crippen molar-refractivity contribution in [2.45, 2.75) is 26.2 Å². The Balaban J connectivity index is 0.00000144. The Morgan fingerprint density at radius 3 is 2.62 bits per heavy atom. The predicted molar refractivity (Wildman–Crippen MR) is 60.5 cm³/mol. The molecule has 13 heavy (non-hydrogen) atoms. The SMILES string of the molecule is CCc1cccc(C(C)CN)c1.Cl. The first-order chi connectivity index (χ1) is 5.77. The highest BCUT2D eigenvalue weighted by molar-refractivity contribution is 5.85. The molecule has 1 aromatic carbocycles. The van der Waals surface area contributed by atoms with Crippen LogP contribution in [0.2, 0.25) is 0 Å². The monoisotopic (exact) mass is 199 g/mol. The van der Waals surface area contributed by atoms with Crippen LogP contribution < -0.4 is 5.73 Å². The second-order valence-corrected chi connectivity index (χ2v) is 3.24. The zero-order chi connectivity index (χ0) is 8.97. The standard InChI is InChI=1S/C11H17N.ClH/c1-3-10-5-4-6-11(7-10)9(2)8-12;/h4-7,9H,3,8,12H2,1-2H3;1H. The van der Waals surface area contributed by atoms with E-state index in [2.05, 4.69) is 38.1 Å². The molecule has 0 aliphatic heterocycles. The van der Waals surface area contributed by atoms with E-state index in [4.69, 9.17) is 5.73 Å². The third-order valence-corrected chi connectivity index (χ3v) is 2.28. The van der Waals surface area contributed by atoms with Crippen LogP contribution in [-0.2, 0) is 6.42 Å². The topological polar surface area (TPSA) is 26.0 Å². The number of hydrogen-bond acceptors (Lipinski definition) is 1. The second kappa shape index (κ2) is 6.01. The molecule has 0 aliphatic carbocycles. The van der Waals surface area contributed by atoms with Crippen LogP contribution in [0.1, 0.15) is 30.9 Å². The van der Waals surface area contributed by atoms with Gasteiger partial charge in [0, 0.05) is 0 Å². The van der Waals surface area contributed by atoms with Gasteiger partial charge < -0.3 is 5.73 Å². The zero-order valence-corrected chi connectivity index (χ0v) is 9.10. The number of nitrogens with two attached hydrogens (primary N) is 1. The Bertz CT molecular complexity index is 248. The molecule has 0 amide bonds. The van der Waals surface area contributed by atoms with Gasteiger partial charge in [-0.1, -0.05) is 38.1 Å². The number of rotatable bonds is 3. The van der Waals surface area contributed by atoms with Gasteiger partial charge in [-0.15, -0.1) is 12.4 Å². The van der Waals surface area contributed by atoms with Gasteiger partial charge in [0.25, 0.3) is 0 Å². The fourth-order valence-corrected chi connectivity index (χ4v) is 1.26. The number of aryl methyl sites for hydroxylation is 1. The van der Waals surface area contributed by atoms with Crippen molar-refractivity contribution >= 4 is 12.4 Å². The van der Waals surface area contributed by atoms with Crippen molar-refractivity contribution in [1.82, 2.24) is 0 Å². The first-order valence-electron chi connectivity index (χ1n) is 4.56. The van der Waals surface area contributed by atoms with E-state index in [0.29, 0.717) is 5.92 Å². The van der Waals surface area contributed by atoms with Crippen molar-refractivity contribution in [3.05, 3.63) is 35.4 Å². The second-order valence-electron chi connectivity index (χ2n) is 3.24. The van der Waals surface area contributed by atoms with E-state index in [-0.39, 0.29) is 12.4 Å². The Hall–Kier alpha value is -0.530. The summed E-state index contributed by atoms with van der Waals surface area (Å²) < 4.78 is 0. The maximum atomic E-state index is 5.60. The normalized spacial score (nSPS) is 11.9. The van der Waals surface area contributed by atoms with Gasteiger partial charge in [-0.3, -0.25) is 0 Å². The van der Waals surface area contributed by atoms with Crippen LogP contribution in [0.3, 0.4) is 0 Å². The van der Waals surface area contributed by atoms with Crippen LogP contribution in [-0.4, -0.2) is 6.54 Å². The largest absolute Gasteiger partial charge is 0.330 e. The molecule has 2 heteroatoms. The van der Waals surface area contributed by atoms with Crippen LogP contribution in [0.15, 0.2) is 24.3 Å². The van der Waals surface area contributed by atoms with E-state index in [9.17, 15) is 0 Å². The van der Waals surface area contributed by atoms with Gasteiger partial charge in [-0.05, 0) is 30.0 Å². The lowest BCUT2D eigenvalue weighted by atomic mass is 9.99. The zero-order valence-electron chi connectivity index (χ0n) is 8.29. The van der Waals surface area contributed by atoms with Crippen molar-refractivity contribution in [2.24, 2.45) is 5.73 Å². The van der Waals surface area contributed by atoms with Crippen molar-refractivity contribution in [3.63, 3.8) is 0 Å². The third-order valence-electron chi connectivity index (χ3n) is 2.28. The minimum Gasteiger partial charge on any atom is -0.330 e. The fraction of sp³-hybridized carbons (Fsp3) is 0.455. The van der Waals surface area contributed by atoms with Gasteiger partial charge >= 0.3 is 0 Å². The summed E-state index contributed by atoms with van der Waals surface area (Å²) in [7, 11) is 0. The molecule has 74 valence electrons. The number of halogens is 1. The highest BCUT2D eigenvalue weighted by Gasteiger charge is 2.02. The smallest absolute Gasteiger partial charge is 0.00109 e. The van der Waals surface area contributed by atoms with Gasteiger partial charge in [0.2, 0.25) is 0 Å². The maximum absolute atomic E-state index is 5.60. The molecule has 0 bridgehead atoms. The van der Waals surface area contributed by atoms with Crippen LogP contribution in [0, 0.1) is 0 Å². The summed E-state index contributed by atoms with van der Waals surface area (Å²) in [5.41, 5.74) is 8.35. The Kier molecular flexibility index (Phi) is 5.76. The van der Waals surface area contributed by atoms with Gasteiger partial charge in [0.1, 0.15) is 0 Å². The highest BCUT2D eigenvalue weighted by Crippen LogP contribution is 2.15. The van der Waals surface area contributed by atoms with Crippen molar-refractivity contribution in [1.29, 1.82) is 0 Å². The Morgan fingerprint density at radius 1 is 1.38 bits per heavy atom. The molecule has 0 saturated heterocycles. The lowest BCUT2D eigenvalue weighted by molar-refractivity contribution is 0.772. The van der Waals surface area contributed by atoms with E-state index < -0.39 is 0 Å². The molecule has 0 aromatic heterocycles. The van der Waals surface area contributed by atoms with Crippen LogP contribution >= 0.6 is 12.4 Å². The van der Waals surface area contributed by atoms with E-state index in [1.54, 1.807) is 0 Å². The van der Waals surface area contributed by atoms with Crippen molar-refractivity contribution < 1.29 is 0 Å². The predicted octanol–water partition coefficient (Wildman–Crippen LogP) is 2.73. The molecular formula is C11H18ClN. The lowest BCUT2D eigenvalue weighted by Crippen LogP contribution is -2.08. The molecule has 1 unspecified atom stereocenters. The molecule has 0 fully saturated rings. The molecule has 1 atom stereocenters. The van der Waals surface area contributed by atoms with E-state index in [0.717, 1.165) is 13.0 Å². The summed E-state index contributed by atoms with van der Waals surface area (Å²) in [6, 6.07) is 8.67. The number of benzene rings is 1. The molecule has 1 aromatic rings. The average Bonchev–Trinajstić information content (AvgIpc) is 2.17.